The molecule has 0 bridgehead atoms. The lowest BCUT2D eigenvalue weighted by atomic mass is 9.76. The van der Waals surface area contributed by atoms with Crippen molar-refractivity contribution < 1.29 is 14.3 Å². The van der Waals surface area contributed by atoms with E-state index in [1.807, 2.05) is 0 Å². The molecule has 12 heavy (non-hydrogen) atoms. The van der Waals surface area contributed by atoms with Crippen LogP contribution in [0.5, 0.6) is 0 Å². The normalized spacial score (nSPS) is 40.9. The van der Waals surface area contributed by atoms with Crippen LogP contribution in [0.15, 0.2) is 0 Å². The standard InChI is InChI=1S/C9H12O3/c1-5-2-3-6-7(4-5)9(11)12-8(6)10/h5-7H,2-4H2,1H3/t5-,6-,7-/m1/s1. The van der Waals surface area contributed by atoms with E-state index in [1.54, 1.807) is 0 Å². The molecule has 1 aliphatic carbocycles. The summed E-state index contributed by atoms with van der Waals surface area (Å²) in [5, 5.41) is 0. The summed E-state index contributed by atoms with van der Waals surface area (Å²) in [5.74, 6) is -0.270. The first-order valence-corrected chi connectivity index (χ1v) is 4.44. The quantitative estimate of drug-likeness (QED) is 0.402. The predicted molar refractivity (Wildman–Crippen MR) is 41.1 cm³/mol. The summed E-state index contributed by atoms with van der Waals surface area (Å²) in [6, 6.07) is 0. The second kappa shape index (κ2) is 2.57. The minimum absolute atomic E-state index is 0.117. The molecular weight excluding hydrogens is 156 g/mol. The van der Waals surface area contributed by atoms with Crippen molar-refractivity contribution in [2.24, 2.45) is 17.8 Å². The zero-order valence-electron chi connectivity index (χ0n) is 7.08. The summed E-state index contributed by atoms with van der Waals surface area (Å²) < 4.78 is 4.58. The predicted octanol–water partition coefficient (Wildman–Crippen LogP) is 1.12. The third kappa shape index (κ3) is 1.04. The first kappa shape index (κ1) is 7.77. The molecule has 0 unspecified atom stereocenters. The van der Waals surface area contributed by atoms with Crippen LogP contribution in [0.25, 0.3) is 0 Å². The molecule has 2 fully saturated rings. The Labute approximate surface area is 71.1 Å². The second-order valence-electron chi connectivity index (χ2n) is 3.87. The van der Waals surface area contributed by atoms with Crippen molar-refractivity contribution in [1.82, 2.24) is 0 Å². The largest absolute Gasteiger partial charge is 0.393 e. The van der Waals surface area contributed by atoms with Crippen molar-refractivity contribution in [3.63, 3.8) is 0 Å². The fourth-order valence-electron chi connectivity index (χ4n) is 2.17. The number of cyclic esters (lactones) is 2. The van der Waals surface area contributed by atoms with Crippen molar-refractivity contribution in [1.29, 1.82) is 0 Å². The summed E-state index contributed by atoms with van der Waals surface area (Å²) in [6.45, 7) is 2.12. The first-order valence-electron chi connectivity index (χ1n) is 4.44. The number of hydrogen-bond donors (Lipinski definition) is 0. The Hall–Kier alpha value is -0.860. The van der Waals surface area contributed by atoms with Crippen LogP contribution < -0.4 is 0 Å². The molecule has 2 aliphatic rings. The Morgan fingerprint density at radius 2 is 1.83 bits per heavy atom. The van der Waals surface area contributed by atoms with E-state index >= 15 is 0 Å². The summed E-state index contributed by atoms with van der Waals surface area (Å²) >= 11 is 0. The topological polar surface area (TPSA) is 43.4 Å². The Balaban J connectivity index is 2.17. The van der Waals surface area contributed by atoms with Crippen LogP contribution in [0.1, 0.15) is 26.2 Å². The highest BCUT2D eigenvalue weighted by Crippen LogP contribution is 2.38. The third-order valence-corrected chi connectivity index (χ3v) is 2.92. The molecule has 1 heterocycles. The van der Waals surface area contributed by atoms with E-state index in [9.17, 15) is 9.59 Å². The first-order chi connectivity index (χ1) is 5.68. The molecule has 1 saturated heterocycles. The van der Waals surface area contributed by atoms with Crippen LogP contribution in [0.4, 0.5) is 0 Å². The lowest BCUT2D eigenvalue weighted by Gasteiger charge is -2.24. The number of rotatable bonds is 0. The molecular formula is C9H12O3. The van der Waals surface area contributed by atoms with Crippen molar-refractivity contribution >= 4 is 11.9 Å². The minimum atomic E-state index is -0.295. The fraction of sp³-hybridized carbons (Fsp3) is 0.778. The number of hydrogen-bond acceptors (Lipinski definition) is 3. The van der Waals surface area contributed by atoms with Gasteiger partial charge in [0.25, 0.3) is 0 Å². The molecule has 2 rings (SSSR count). The number of carbonyl (C=O) groups is 2. The van der Waals surface area contributed by atoms with Crippen LogP contribution in [0.3, 0.4) is 0 Å². The lowest BCUT2D eigenvalue weighted by molar-refractivity contribution is -0.153. The number of carbonyl (C=O) groups excluding carboxylic acids is 2. The van der Waals surface area contributed by atoms with E-state index in [-0.39, 0.29) is 23.8 Å². The summed E-state index contributed by atoms with van der Waals surface area (Å²) in [7, 11) is 0. The molecule has 66 valence electrons. The Kier molecular flexibility index (Phi) is 1.67. The third-order valence-electron chi connectivity index (χ3n) is 2.92. The van der Waals surface area contributed by atoms with E-state index in [0.717, 1.165) is 19.3 Å². The van der Waals surface area contributed by atoms with Gasteiger partial charge in [0, 0.05) is 0 Å². The monoisotopic (exact) mass is 168 g/mol. The molecule has 0 aromatic rings. The average molecular weight is 168 g/mol. The SMILES string of the molecule is C[C@@H]1CC[C@H]2C(=O)OC(=O)[C@@H]2C1. The molecule has 0 spiro atoms. The van der Waals surface area contributed by atoms with Gasteiger partial charge in [0.15, 0.2) is 0 Å². The molecule has 1 aliphatic heterocycles. The average Bonchev–Trinajstić information content (AvgIpc) is 2.28. The molecule has 3 atom stereocenters. The van der Waals surface area contributed by atoms with Crippen molar-refractivity contribution in [3.05, 3.63) is 0 Å². The molecule has 3 heteroatoms. The highest BCUT2D eigenvalue weighted by molar-refractivity contribution is 5.96. The maximum absolute atomic E-state index is 11.1. The Bertz CT molecular complexity index is 234. The van der Waals surface area contributed by atoms with Crippen LogP contribution in [0.2, 0.25) is 0 Å². The summed E-state index contributed by atoms with van der Waals surface area (Å²) in [4.78, 5) is 22.2. The van der Waals surface area contributed by atoms with E-state index in [1.165, 1.54) is 0 Å². The molecule has 1 saturated carbocycles. The summed E-state index contributed by atoms with van der Waals surface area (Å²) in [5.41, 5.74) is 0. The molecule has 3 nitrogen and oxygen atoms in total. The summed E-state index contributed by atoms with van der Waals surface area (Å²) in [6.07, 6.45) is 2.70. The molecule has 0 amide bonds. The van der Waals surface area contributed by atoms with Gasteiger partial charge in [0.1, 0.15) is 0 Å². The molecule has 0 aromatic carbocycles. The van der Waals surface area contributed by atoms with Gasteiger partial charge in [-0.15, -0.1) is 0 Å². The van der Waals surface area contributed by atoms with Gasteiger partial charge in [0.2, 0.25) is 0 Å². The number of esters is 2. The van der Waals surface area contributed by atoms with E-state index in [0.29, 0.717) is 5.92 Å². The van der Waals surface area contributed by atoms with Gasteiger partial charge in [0.05, 0.1) is 11.8 Å². The van der Waals surface area contributed by atoms with Gasteiger partial charge in [-0.1, -0.05) is 6.92 Å². The smallest absolute Gasteiger partial charge is 0.317 e. The van der Waals surface area contributed by atoms with Crippen molar-refractivity contribution in [3.8, 4) is 0 Å². The van der Waals surface area contributed by atoms with Gasteiger partial charge in [-0.25, -0.2) is 0 Å². The van der Waals surface area contributed by atoms with Gasteiger partial charge < -0.3 is 4.74 Å². The van der Waals surface area contributed by atoms with Gasteiger partial charge in [-0.05, 0) is 25.2 Å². The maximum Gasteiger partial charge on any atom is 0.317 e. The maximum atomic E-state index is 11.1. The van der Waals surface area contributed by atoms with E-state index in [2.05, 4.69) is 11.7 Å². The van der Waals surface area contributed by atoms with Crippen LogP contribution in [0, 0.1) is 17.8 Å². The molecule has 0 aromatic heterocycles. The van der Waals surface area contributed by atoms with Crippen LogP contribution in [-0.2, 0) is 14.3 Å². The highest BCUT2D eigenvalue weighted by atomic mass is 16.6. The van der Waals surface area contributed by atoms with Crippen LogP contribution >= 0.6 is 0 Å². The van der Waals surface area contributed by atoms with Gasteiger partial charge >= 0.3 is 11.9 Å². The number of fused-ring (bicyclic) bond motifs is 1. The van der Waals surface area contributed by atoms with Crippen LogP contribution in [-0.4, -0.2) is 11.9 Å². The highest BCUT2D eigenvalue weighted by Gasteiger charge is 2.46. The second-order valence-corrected chi connectivity index (χ2v) is 3.87. The van der Waals surface area contributed by atoms with Crippen molar-refractivity contribution in [2.45, 2.75) is 26.2 Å². The number of ether oxygens (including phenoxy) is 1. The zero-order chi connectivity index (χ0) is 8.72. The molecule has 0 N–H and O–H groups in total. The zero-order valence-corrected chi connectivity index (χ0v) is 7.08. The lowest BCUT2D eigenvalue weighted by Crippen LogP contribution is -2.25. The van der Waals surface area contributed by atoms with E-state index < -0.39 is 0 Å². The molecule has 0 radical (unpaired) electrons. The van der Waals surface area contributed by atoms with Crippen molar-refractivity contribution in [2.75, 3.05) is 0 Å². The Morgan fingerprint density at radius 1 is 1.17 bits per heavy atom. The van der Waals surface area contributed by atoms with Gasteiger partial charge in [-0.3, -0.25) is 9.59 Å². The fourth-order valence-corrected chi connectivity index (χ4v) is 2.17. The van der Waals surface area contributed by atoms with Gasteiger partial charge in [-0.2, -0.15) is 0 Å². The van der Waals surface area contributed by atoms with E-state index in [4.69, 9.17) is 0 Å². The minimum Gasteiger partial charge on any atom is -0.393 e. The Morgan fingerprint density at radius 3 is 2.58 bits per heavy atom.